The fourth-order valence-corrected chi connectivity index (χ4v) is 1.96. The van der Waals surface area contributed by atoms with Gasteiger partial charge in [0.25, 0.3) is 0 Å². The smallest absolute Gasteiger partial charge is 0.226 e. The Morgan fingerprint density at radius 1 is 1.09 bits per heavy atom. The van der Waals surface area contributed by atoms with E-state index in [0.29, 0.717) is 22.9 Å². The van der Waals surface area contributed by atoms with Gasteiger partial charge in [-0.1, -0.05) is 6.07 Å². The van der Waals surface area contributed by atoms with Crippen LogP contribution in [0.25, 0.3) is 11.5 Å². The lowest BCUT2D eigenvalue weighted by atomic mass is 10.2. The Hall–Kier alpha value is -2.82. The molecule has 2 aromatic carbocycles. The standard InChI is InChI=1S/C17H14FNO3/c1-20-15-5-7-16(8-6-15)21-10-14-11-22-17(19-14)12-3-2-4-13(18)9-12/h2-9,11H,10H2,1H3. The molecule has 3 aromatic rings. The average Bonchev–Trinajstić information content (AvgIpc) is 3.02. The van der Waals surface area contributed by atoms with Crippen molar-refractivity contribution in [2.75, 3.05) is 7.11 Å². The molecule has 22 heavy (non-hydrogen) atoms. The van der Waals surface area contributed by atoms with Crippen molar-refractivity contribution in [2.24, 2.45) is 0 Å². The minimum Gasteiger partial charge on any atom is -0.497 e. The van der Waals surface area contributed by atoms with E-state index in [0.717, 1.165) is 5.75 Å². The van der Waals surface area contributed by atoms with Crippen LogP contribution in [0.2, 0.25) is 0 Å². The summed E-state index contributed by atoms with van der Waals surface area (Å²) in [6.45, 7) is 0.269. The highest BCUT2D eigenvalue weighted by molar-refractivity contribution is 5.52. The maximum Gasteiger partial charge on any atom is 0.226 e. The number of halogens is 1. The highest BCUT2D eigenvalue weighted by Crippen LogP contribution is 2.21. The number of nitrogens with zero attached hydrogens (tertiary/aromatic N) is 1. The van der Waals surface area contributed by atoms with Crippen molar-refractivity contribution in [2.45, 2.75) is 6.61 Å². The Balaban J connectivity index is 1.66. The summed E-state index contributed by atoms with van der Waals surface area (Å²) < 4.78 is 29.2. The van der Waals surface area contributed by atoms with E-state index >= 15 is 0 Å². The molecular formula is C17H14FNO3. The summed E-state index contributed by atoms with van der Waals surface area (Å²) in [7, 11) is 1.61. The van der Waals surface area contributed by atoms with Gasteiger partial charge in [0.15, 0.2) is 0 Å². The van der Waals surface area contributed by atoms with Gasteiger partial charge in [-0.2, -0.15) is 0 Å². The van der Waals surface area contributed by atoms with Crippen molar-refractivity contribution in [3.05, 3.63) is 66.3 Å². The number of methoxy groups -OCH3 is 1. The van der Waals surface area contributed by atoms with Crippen LogP contribution in [-0.2, 0) is 6.61 Å². The van der Waals surface area contributed by atoms with Gasteiger partial charge < -0.3 is 13.9 Å². The van der Waals surface area contributed by atoms with Crippen LogP contribution in [0.15, 0.2) is 59.2 Å². The van der Waals surface area contributed by atoms with Crippen LogP contribution < -0.4 is 9.47 Å². The fraction of sp³-hybridized carbons (Fsp3) is 0.118. The zero-order valence-corrected chi connectivity index (χ0v) is 12.0. The van der Waals surface area contributed by atoms with Gasteiger partial charge in [0.1, 0.15) is 35.9 Å². The quantitative estimate of drug-likeness (QED) is 0.712. The molecule has 0 saturated carbocycles. The number of hydrogen-bond donors (Lipinski definition) is 0. The largest absolute Gasteiger partial charge is 0.497 e. The lowest BCUT2D eigenvalue weighted by Gasteiger charge is -2.04. The maximum absolute atomic E-state index is 13.2. The number of oxazole rings is 1. The number of benzene rings is 2. The monoisotopic (exact) mass is 299 g/mol. The summed E-state index contributed by atoms with van der Waals surface area (Å²) in [4.78, 5) is 4.29. The van der Waals surface area contributed by atoms with Gasteiger partial charge in [-0.05, 0) is 42.5 Å². The van der Waals surface area contributed by atoms with E-state index in [1.54, 1.807) is 19.2 Å². The van der Waals surface area contributed by atoms with Gasteiger partial charge in [-0.3, -0.25) is 0 Å². The second-order valence-corrected chi connectivity index (χ2v) is 4.62. The first-order valence-electron chi connectivity index (χ1n) is 6.72. The molecule has 3 rings (SSSR count). The normalized spacial score (nSPS) is 10.5. The Kier molecular flexibility index (Phi) is 4.05. The molecule has 0 aliphatic rings. The van der Waals surface area contributed by atoms with Crippen LogP contribution in [0.1, 0.15) is 5.69 Å². The molecule has 0 unspecified atom stereocenters. The molecule has 5 heteroatoms. The SMILES string of the molecule is COc1ccc(OCc2coc(-c3cccc(F)c3)n2)cc1. The molecule has 0 atom stereocenters. The van der Waals surface area contributed by atoms with E-state index < -0.39 is 0 Å². The molecule has 1 aromatic heterocycles. The van der Waals surface area contributed by atoms with Gasteiger partial charge >= 0.3 is 0 Å². The molecule has 112 valence electrons. The molecule has 0 fully saturated rings. The molecule has 4 nitrogen and oxygen atoms in total. The Labute approximate surface area is 127 Å². The number of hydrogen-bond acceptors (Lipinski definition) is 4. The van der Waals surface area contributed by atoms with Crippen LogP contribution in [-0.4, -0.2) is 12.1 Å². The molecular weight excluding hydrogens is 285 g/mol. The van der Waals surface area contributed by atoms with Crippen LogP contribution in [0.3, 0.4) is 0 Å². The van der Waals surface area contributed by atoms with Crippen molar-refractivity contribution in [1.29, 1.82) is 0 Å². The predicted octanol–water partition coefficient (Wildman–Crippen LogP) is 4.07. The van der Waals surface area contributed by atoms with Gasteiger partial charge in [-0.15, -0.1) is 0 Å². The first kappa shape index (κ1) is 14.1. The van der Waals surface area contributed by atoms with Crippen molar-refractivity contribution in [3.63, 3.8) is 0 Å². The van der Waals surface area contributed by atoms with Gasteiger partial charge in [0, 0.05) is 5.56 Å². The number of rotatable bonds is 5. The third-order valence-electron chi connectivity index (χ3n) is 3.07. The van der Waals surface area contributed by atoms with E-state index in [2.05, 4.69) is 4.98 Å². The van der Waals surface area contributed by atoms with E-state index in [-0.39, 0.29) is 12.4 Å². The Morgan fingerprint density at radius 3 is 2.59 bits per heavy atom. The van der Waals surface area contributed by atoms with E-state index in [1.807, 2.05) is 24.3 Å². The van der Waals surface area contributed by atoms with E-state index in [1.165, 1.54) is 18.4 Å². The summed E-state index contributed by atoms with van der Waals surface area (Å²) in [5.41, 5.74) is 1.23. The summed E-state index contributed by atoms with van der Waals surface area (Å²) in [6.07, 6.45) is 1.50. The lowest BCUT2D eigenvalue weighted by molar-refractivity contribution is 0.300. The van der Waals surface area contributed by atoms with Crippen molar-refractivity contribution in [3.8, 4) is 23.0 Å². The molecule has 0 saturated heterocycles. The second kappa shape index (κ2) is 6.30. The molecule has 0 N–H and O–H groups in total. The molecule has 0 aliphatic heterocycles. The maximum atomic E-state index is 13.2. The van der Waals surface area contributed by atoms with Crippen molar-refractivity contribution >= 4 is 0 Å². The summed E-state index contributed by atoms with van der Waals surface area (Å²) >= 11 is 0. The first-order valence-corrected chi connectivity index (χ1v) is 6.72. The predicted molar refractivity (Wildman–Crippen MR) is 79.2 cm³/mol. The highest BCUT2D eigenvalue weighted by atomic mass is 19.1. The third kappa shape index (κ3) is 3.25. The average molecular weight is 299 g/mol. The molecule has 0 aliphatic carbocycles. The topological polar surface area (TPSA) is 44.5 Å². The summed E-state index contributed by atoms with van der Waals surface area (Å²) in [5.74, 6) is 1.51. The van der Waals surface area contributed by atoms with Gasteiger partial charge in [0.2, 0.25) is 5.89 Å². The summed E-state index contributed by atoms with van der Waals surface area (Å²) in [6, 6.07) is 13.4. The van der Waals surface area contributed by atoms with Crippen LogP contribution in [0, 0.1) is 5.82 Å². The Bertz CT molecular complexity index is 753. The van der Waals surface area contributed by atoms with Crippen molar-refractivity contribution in [1.82, 2.24) is 4.98 Å². The van der Waals surface area contributed by atoms with E-state index in [9.17, 15) is 4.39 Å². The number of ether oxygens (including phenoxy) is 2. The number of aromatic nitrogens is 1. The Morgan fingerprint density at radius 2 is 1.86 bits per heavy atom. The summed E-state index contributed by atoms with van der Waals surface area (Å²) in [5, 5.41) is 0. The van der Waals surface area contributed by atoms with Crippen molar-refractivity contribution < 1.29 is 18.3 Å². The lowest BCUT2D eigenvalue weighted by Crippen LogP contribution is -1.95. The zero-order valence-electron chi connectivity index (χ0n) is 12.0. The van der Waals surface area contributed by atoms with E-state index in [4.69, 9.17) is 13.9 Å². The molecule has 0 amide bonds. The van der Waals surface area contributed by atoms with Crippen LogP contribution >= 0.6 is 0 Å². The highest BCUT2D eigenvalue weighted by Gasteiger charge is 2.08. The molecule has 0 bridgehead atoms. The zero-order chi connectivity index (χ0) is 15.4. The third-order valence-corrected chi connectivity index (χ3v) is 3.07. The minimum atomic E-state index is -0.327. The second-order valence-electron chi connectivity index (χ2n) is 4.62. The molecule has 1 heterocycles. The van der Waals surface area contributed by atoms with Gasteiger partial charge in [-0.25, -0.2) is 9.37 Å². The first-order chi connectivity index (χ1) is 10.7. The molecule has 0 spiro atoms. The van der Waals surface area contributed by atoms with Gasteiger partial charge in [0.05, 0.1) is 7.11 Å². The van der Waals surface area contributed by atoms with Crippen LogP contribution in [0.5, 0.6) is 11.5 Å². The minimum absolute atomic E-state index is 0.269. The fourth-order valence-electron chi connectivity index (χ4n) is 1.96. The van der Waals surface area contributed by atoms with Crippen LogP contribution in [0.4, 0.5) is 4.39 Å². The molecule has 0 radical (unpaired) electrons.